The van der Waals surface area contributed by atoms with Crippen molar-refractivity contribution < 1.29 is 4.74 Å². The molecule has 0 amide bonds. The molecule has 106 valence electrons. The Labute approximate surface area is 112 Å². The minimum Gasteiger partial charge on any atom is -0.377 e. The van der Waals surface area contributed by atoms with E-state index in [0.29, 0.717) is 12.0 Å². The SMILES string of the molecule is CC(C)C(CNC1CC1)OCCC1CCCN1C. The molecule has 1 N–H and O–H groups in total. The Morgan fingerprint density at radius 2 is 2.06 bits per heavy atom. The lowest BCUT2D eigenvalue weighted by atomic mass is 10.1. The van der Waals surface area contributed by atoms with Gasteiger partial charge in [-0.3, -0.25) is 0 Å². The molecule has 0 aromatic carbocycles. The fraction of sp³-hybridized carbons (Fsp3) is 1.00. The van der Waals surface area contributed by atoms with Gasteiger partial charge < -0.3 is 15.0 Å². The van der Waals surface area contributed by atoms with Gasteiger partial charge in [-0.25, -0.2) is 0 Å². The lowest BCUT2D eigenvalue weighted by Gasteiger charge is -2.24. The number of nitrogens with zero attached hydrogens (tertiary/aromatic N) is 1. The molecule has 2 unspecified atom stereocenters. The van der Waals surface area contributed by atoms with Crippen LogP contribution >= 0.6 is 0 Å². The van der Waals surface area contributed by atoms with Crippen molar-refractivity contribution >= 4 is 0 Å². The Morgan fingerprint density at radius 3 is 2.61 bits per heavy atom. The van der Waals surface area contributed by atoms with Crippen LogP contribution in [0.4, 0.5) is 0 Å². The van der Waals surface area contributed by atoms with Gasteiger partial charge in [0.25, 0.3) is 0 Å². The highest BCUT2D eigenvalue weighted by Crippen LogP contribution is 2.20. The maximum atomic E-state index is 6.10. The molecule has 1 saturated carbocycles. The van der Waals surface area contributed by atoms with Gasteiger partial charge in [-0.2, -0.15) is 0 Å². The summed E-state index contributed by atoms with van der Waals surface area (Å²) in [6.45, 7) is 7.75. The molecule has 1 aliphatic heterocycles. The van der Waals surface area contributed by atoms with Crippen molar-refractivity contribution in [2.24, 2.45) is 5.92 Å². The van der Waals surface area contributed by atoms with Crippen LogP contribution in [0.25, 0.3) is 0 Å². The van der Waals surface area contributed by atoms with Crippen LogP contribution in [0.15, 0.2) is 0 Å². The quantitative estimate of drug-likeness (QED) is 0.719. The van der Waals surface area contributed by atoms with E-state index in [2.05, 4.69) is 31.1 Å². The first-order chi connectivity index (χ1) is 8.66. The molecule has 2 rings (SSSR count). The molecular weight excluding hydrogens is 224 g/mol. The van der Waals surface area contributed by atoms with Crippen LogP contribution in [0.3, 0.4) is 0 Å². The van der Waals surface area contributed by atoms with Crippen molar-refractivity contribution in [3.63, 3.8) is 0 Å². The summed E-state index contributed by atoms with van der Waals surface area (Å²) in [6, 6.07) is 1.55. The van der Waals surface area contributed by atoms with E-state index in [9.17, 15) is 0 Å². The number of hydrogen-bond acceptors (Lipinski definition) is 3. The first kappa shape index (κ1) is 14.3. The highest BCUT2D eigenvalue weighted by Gasteiger charge is 2.24. The van der Waals surface area contributed by atoms with Crippen molar-refractivity contribution in [2.75, 3.05) is 26.7 Å². The van der Waals surface area contributed by atoms with Gasteiger partial charge in [0.2, 0.25) is 0 Å². The van der Waals surface area contributed by atoms with Crippen LogP contribution in [-0.2, 0) is 4.74 Å². The zero-order valence-electron chi connectivity index (χ0n) is 12.3. The van der Waals surface area contributed by atoms with E-state index in [1.54, 1.807) is 0 Å². The Hall–Kier alpha value is -0.120. The molecule has 0 spiro atoms. The molecule has 0 radical (unpaired) electrons. The molecule has 0 aromatic rings. The molecule has 2 atom stereocenters. The molecular formula is C15H30N2O. The maximum absolute atomic E-state index is 6.10. The van der Waals surface area contributed by atoms with Crippen LogP contribution in [0.5, 0.6) is 0 Å². The minimum atomic E-state index is 0.386. The van der Waals surface area contributed by atoms with Crippen LogP contribution in [0.1, 0.15) is 46.0 Å². The van der Waals surface area contributed by atoms with Gasteiger partial charge in [-0.15, -0.1) is 0 Å². The van der Waals surface area contributed by atoms with Crippen molar-refractivity contribution in [1.29, 1.82) is 0 Å². The second-order valence-electron chi connectivity index (χ2n) is 6.40. The topological polar surface area (TPSA) is 24.5 Å². The minimum absolute atomic E-state index is 0.386. The van der Waals surface area contributed by atoms with E-state index < -0.39 is 0 Å². The maximum Gasteiger partial charge on any atom is 0.0722 e. The number of nitrogens with one attached hydrogen (secondary N) is 1. The van der Waals surface area contributed by atoms with Crippen molar-refractivity contribution in [2.45, 2.75) is 64.1 Å². The third-order valence-corrected chi connectivity index (χ3v) is 4.38. The monoisotopic (exact) mass is 254 g/mol. The van der Waals surface area contributed by atoms with Gasteiger partial charge in [0.1, 0.15) is 0 Å². The first-order valence-electron chi connectivity index (χ1n) is 7.72. The molecule has 1 heterocycles. The summed E-state index contributed by atoms with van der Waals surface area (Å²) < 4.78 is 6.10. The van der Waals surface area contributed by atoms with Crippen LogP contribution in [0.2, 0.25) is 0 Å². The Balaban J connectivity index is 1.61. The molecule has 18 heavy (non-hydrogen) atoms. The zero-order valence-corrected chi connectivity index (χ0v) is 12.3. The third kappa shape index (κ3) is 4.52. The summed E-state index contributed by atoms with van der Waals surface area (Å²) >= 11 is 0. The molecule has 1 aliphatic carbocycles. The summed E-state index contributed by atoms with van der Waals surface area (Å²) in [6.07, 6.45) is 7.01. The molecule has 2 aliphatic rings. The van der Waals surface area contributed by atoms with Gasteiger partial charge in [0.15, 0.2) is 0 Å². The molecule has 0 aromatic heterocycles. The largest absolute Gasteiger partial charge is 0.377 e. The molecule has 0 bridgehead atoms. The highest BCUT2D eigenvalue weighted by molar-refractivity contribution is 4.83. The summed E-state index contributed by atoms with van der Waals surface area (Å²) in [7, 11) is 2.24. The van der Waals surface area contributed by atoms with E-state index in [0.717, 1.165) is 25.2 Å². The summed E-state index contributed by atoms with van der Waals surface area (Å²) in [5.74, 6) is 0.609. The lowest BCUT2D eigenvalue weighted by Crippen LogP contribution is -2.35. The van der Waals surface area contributed by atoms with Crippen molar-refractivity contribution in [1.82, 2.24) is 10.2 Å². The van der Waals surface area contributed by atoms with Crippen LogP contribution < -0.4 is 5.32 Å². The average molecular weight is 254 g/mol. The predicted octanol–water partition coefficient (Wildman–Crippen LogP) is 2.26. The third-order valence-electron chi connectivity index (χ3n) is 4.38. The zero-order chi connectivity index (χ0) is 13.0. The number of hydrogen-bond donors (Lipinski definition) is 1. The second kappa shape index (κ2) is 6.88. The first-order valence-corrected chi connectivity index (χ1v) is 7.72. The van der Waals surface area contributed by atoms with Gasteiger partial charge >= 0.3 is 0 Å². The predicted molar refractivity (Wildman–Crippen MR) is 75.9 cm³/mol. The van der Waals surface area contributed by atoms with Gasteiger partial charge in [-0.1, -0.05) is 13.8 Å². The summed E-state index contributed by atoms with van der Waals surface area (Å²) in [5.41, 5.74) is 0. The number of ether oxygens (including phenoxy) is 1. The number of rotatable bonds is 8. The van der Waals surface area contributed by atoms with E-state index in [1.807, 2.05) is 0 Å². The highest BCUT2D eigenvalue weighted by atomic mass is 16.5. The van der Waals surface area contributed by atoms with Crippen molar-refractivity contribution in [3.8, 4) is 0 Å². The number of likely N-dealkylation sites (tertiary alicyclic amines) is 1. The van der Waals surface area contributed by atoms with E-state index >= 15 is 0 Å². The van der Waals surface area contributed by atoms with Gasteiger partial charge in [0, 0.05) is 25.2 Å². The summed E-state index contributed by atoms with van der Waals surface area (Å²) in [4.78, 5) is 2.48. The average Bonchev–Trinajstić information content (AvgIpc) is 3.07. The van der Waals surface area contributed by atoms with E-state index in [1.165, 1.54) is 38.6 Å². The smallest absolute Gasteiger partial charge is 0.0722 e. The normalized spacial score (nSPS) is 27.0. The molecule has 3 nitrogen and oxygen atoms in total. The lowest BCUT2D eigenvalue weighted by molar-refractivity contribution is 0.0143. The fourth-order valence-electron chi connectivity index (χ4n) is 2.76. The Kier molecular flexibility index (Phi) is 5.46. The summed E-state index contributed by atoms with van der Waals surface area (Å²) in [5, 5.41) is 3.59. The molecule has 3 heteroatoms. The van der Waals surface area contributed by atoms with E-state index in [-0.39, 0.29) is 0 Å². The Morgan fingerprint density at radius 1 is 1.28 bits per heavy atom. The fourth-order valence-corrected chi connectivity index (χ4v) is 2.76. The van der Waals surface area contributed by atoms with Crippen LogP contribution in [0, 0.1) is 5.92 Å². The Bertz CT molecular complexity index is 241. The van der Waals surface area contributed by atoms with Crippen LogP contribution in [-0.4, -0.2) is 49.8 Å². The molecule has 2 fully saturated rings. The van der Waals surface area contributed by atoms with Crippen molar-refractivity contribution in [3.05, 3.63) is 0 Å². The second-order valence-corrected chi connectivity index (χ2v) is 6.40. The van der Waals surface area contributed by atoms with Gasteiger partial charge in [-0.05, 0) is 51.6 Å². The van der Waals surface area contributed by atoms with Gasteiger partial charge in [0.05, 0.1) is 6.10 Å². The van der Waals surface area contributed by atoms with E-state index in [4.69, 9.17) is 4.74 Å². The molecule has 1 saturated heterocycles. The standard InChI is InChI=1S/C15H30N2O/c1-12(2)15(11-16-13-6-7-13)18-10-8-14-5-4-9-17(14)3/h12-16H,4-11H2,1-3H3.